The lowest BCUT2D eigenvalue weighted by Gasteiger charge is -2.12. The lowest BCUT2D eigenvalue weighted by Crippen LogP contribution is -2.07. The molecule has 0 saturated carbocycles. The number of anilines is 1. The van der Waals surface area contributed by atoms with E-state index >= 15 is 0 Å². The molecule has 0 radical (unpaired) electrons. The lowest BCUT2D eigenvalue weighted by atomic mass is 10.0. The zero-order valence-corrected chi connectivity index (χ0v) is 12.9. The average molecular weight is 301 g/mol. The molecule has 1 aliphatic rings. The summed E-state index contributed by atoms with van der Waals surface area (Å²) in [6.07, 6.45) is 4.24. The molecule has 0 aliphatic carbocycles. The molecule has 5 heteroatoms. The highest BCUT2D eigenvalue weighted by Gasteiger charge is 2.14. The van der Waals surface area contributed by atoms with Gasteiger partial charge in [-0.2, -0.15) is 0 Å². The number of hydrogen-bond donors (Lipinski definition) is 2. The van der Waals surface area contributed by atoms with E-state index in [9.17, 15) is 0 Å². The number of ether oxygens (including phenoxy) is 1. The van der Waals surface area contributed by atoms with Crippen LogP contribution in [-0.4, -0.2) is 23.6 Å². The van der Waals surface area contributed by atoms with Crippen LogP contribution >= 0.6 is 12.2 Å². The van der Waals surface area contributed by atoms with E-state index in [1.165, 1.54) is 29.7 Å². The summed E-state index contributed by atoms with van der Waals surface area (Å²) in [5.74, 6) is 1.83. The van der Waals surface area contributed by atoms with Gasteiger partial charge < -0.3 is 15.0 Å². The Morgan fingerprint density at radius 2 is 2.05 bits per heavy atom. The largest absolute Gasteiger partial charge is 0.497 e. The third kappa shape index (κ3) is 3.24. The number of nitrogens with zero attached hydrogens (tertiary/aromatic N) is 1. The number of hydrogen-bond acceptors (Lipinski definition) is 4. The first-order valence-corrected chi connectivity index (χ1v) is 7.66. The molecule has 0 atom stereocenters. The minimum Gasteiger partial charge on any atom is -0.497 e. The first-order chi connectivity index (χ1) is 10.3. The summed E-state index contributed by atoms with van der Waals surface area (Å²) in [6.45, 7) is 0.973. The minimum atomic E-state index is 0.548. The summed E-state index contributed by atoms with van der Waals surface area (Å²) in [4.78, 5) is 7.70. The van der Waals surface area contributed by atoms with Gasteiger partial charge in [-0.15, -0.1) is 0 Å². The molecule has 1 aliphatic heterocycles. The molecule has 2 heterocycles. The van der Waals surface area contributed by atoms with Crippen LogP contribution in [0.15, 0.2) is 24.3 Å². The van der Waals surface area contributed by atoms with Crippen molar-refractivity contribution < 1.29 is 4.74 Å². The molecule has 0 saturated heterocycles. The highest BCUT2D eigenvalue weighted by atomic mass is 32.1. The predicted molar refractivity (Wildman–Crippen MR) is 86.6 cm³/mol. The summed E-state index contributed by atoms with van der Waals surface area (Å²) in [7, 11) is 1.68. The number of rotatable bonds is 3. The van der Waals surface area contributed by atoms with E-state index in [0.29, 0.717) is 4.77 Å². The van der Waals surface area contributed by atoms with Gasteiger partial charge in [0.15, 0.2) is 4.77 Å². The van der Waals surface area contributed by atoms with Crippen LogP contribution in [0.2, 0.25) is 0 Å². The molecule has 0 bridgehead atoms. The second-order valence-electron chi connectivity index (χ2n) is 5.26. The van der Waals surface area contributed by atoms with Crippen molar-refractivity contribution in [1.29, 1.82) is 0 Å². The smallest absolute Gasteiger partial charge is 0.198 e. The average Bonchev–Trinajstić information content (AvgIpc) is 2.73. The Morgan fingerprint density at radius 1 is 1.24 bits per heavy atom. The highest BCUT2D eigenvalue weighted by molar-refractivity contribution is 7.71. The Balaban J connectivity index is 1.93. The second kappa shape index (κ2) is 6.26. The van der Waals surface area contributed by atoms with Gasteiger partial charge in [0.25, 0.3) is 0 Å². The van der Waals surface area contributed by atoms with Crippen LogP contribution in [0.25, 0.3) is 0 Å². The van der Waals surface area contributed by atoms with E-state index in [-0.39, 0.29) is 0 Å². The molecule has 1 aromatic heterocycles. The third-order valence-corrected chi connectivity index (χ3v) is 4.00. The van der Waals surface area contributed by atoms with Gasteiger partial charge in [0.05, 0.1) is 7.11 Å². The number of nitrogens with one attached hydrogen (secondary N) is 2. The fourth-order valence-corrected chi connectivity index (χ4v) is 2.91. The molecule has 2 aromatic rings. The van der Waals surface area contributed by atoms with Crippen LogP contribution in [0, 0.1) is 4.77 Å². The number of fused-ring (bicyclic) bond motifs is 1. The molecule has 0 spiro atoms. The minimum absolute atomic E-state index is 0.548. The number of aromatic nitrogens is 2. The Morgan fingerprint density at radius 3 is 2.81 bits per heavy atom. The lowest BCUT2D eigenvalue weighted by molar-refractivity contribution is 0.414. The number of H-pyrrole nitrogens is 1. The molecule has 110 valence electrons. The second-order valence-corrected chi connectivity index (χ2v) is 5.64. The van der Waals surface area contributed by atoms with Gasteiger partial charge in [-0.05, 0) is 49.2 Å². The quantitative estimate of drug-likeness (QED) is 0.852. The van der Waals surface area contributed by atoms with Crippen molar-refractivity contribution >= 4 is 18.0 Å². The summed E-state index contributed by atoms with van der Waals surface area (Å²) in [6, 6.07) is 8.16. The highest BCUT2D eigenvalue weighted by Crippen LogP contribution is 2.24. The van der Waals surface area contributed by atoms with Crippen LogP contribution in [0.5, 0.6) is 5.75 Å². The Kier molecular flexibility index (Phi) is 4.20. The molecule has 0 fully saturated rings. The van der Waals surface area contributed by atoms with Gasteiger partial charge in [0.2, 0.25) is 0 Å². The summed E-state index contributed by atoms with van der Waals surface area (Å²) < 4.78 is 5.75. The molecule has 1 aromatic carbocycles. The van der Waals surface area contributed by atoms with E-state index in [2.05, 4.69) is 27.4 Å². The SMILES string of the molecule is COc1ccc(Cc2[nH]c(=S)nc3c2CCCCN3)cc1. The number of aromatic amines is 1. The molecule has 21 heavy (non-hydrogen) atoms. The van der Waals surface area contributed by atoms with Gasteiger partial charge in [-0.25, -0.2) is 4.98 Å². The summed E-state index contributed by atoms with van der Waals surface area (Å²) in [5.41, 5.74) is 3.68. The molecule has 3 rings (SSSR count). The Hall–Kier alpha value is -1.88. The predicted octanol–water partition coefficient (Wildman–Crippen LogP) is 3.49. The van der Waals surface area contributed by atoms with Crippen molar-refractivity contribution in [2.24, 2.45) is 0 Å². The maximum absolute atomic E-state index is 5.26. The van der Waals surface area contributed by atoms with Crippen LogP contribution in [0.1, 0.15) is 29.7 Å². The third-order valence-electron chi connectivity index (χ3n) is 3.81. The van der Waals surface area contributed by atoms with Crippen molar-refractivity contribution in [3.05, 3.63) is 45.9 Å². The van der Waals surface area contributed by atoms with Crippen molar-refractivity contribution in [1.82, 2.24) is 9.97 Å². The summed E-state index contributed by atoms with van der Waals surface area (Å²) >= 11 is 5.26. The van der Waals surface area contributed by atoms with Crippen molar-refractivity contribution in [2.75, 3.05) is 19.0 Å². The fourth-order valence-electron chi connectivity index (χ4n) is 2.69. The van der Waals surface area contributed by atoms with Crippen LogP contribution in [0.4, 0.5) is 5.82 Å². The number of methoxy groups -OCH3 is 1. The van der Waals surface area contributed by atoms with E-state index < -0.39 is 0 Å². The number of benzene rings is 1. The zero-order valence-electron chi connectivity index (χ0n) is 12.1. The van der Waals surface area contributed by atoms with Crippen molar-refractivity contribution in [3.8, 4) is 5.75 Å². The normalized spacial score (nSPS) is 14.0. The standard InChI is InChI=1S/C16H19N3OS/c1-20-12-7-5-11(6-8-12)10-14-13-4-2-3-9-17-15(13)19-16(21)18-14/h5-8H,2-4,9-10H2,1H3,(H2,17,18,19,21). The van der Waals surface area contributed by atoms with Crippen LogP contribution in [-0.2, 0) is 12.8 Å². The molecular formula is C16H19N3OS. The van der Waals surface area contributed by atoms with E-state index in [4.69, 9.17) is 17.0 Å². The van der Waals surface area contributed by atoms with Gasteiger partial charge in [-0.1, -0.05) is 12.1 Å². The van der Waals surface area contributed by atoms with E-state index in [0.717, 1.165) is 31.0 Å². The summed E-state index contributed by atoms with van der Waals surface area (Å²) in [5, 5.41) is 3.39. The van der Waals surface area contributed by atoms with Crippen molar-refractivity contribution in [3.63, 3.8) is 0 Å². The van der Waals surface area contributed by atoms with E-state index in [1.807, 2.05) is 12.1 Å². The molecule has 4 nitrogen and oxygen atoms in total. The zero-order chi connectivity index (χ0) is 14.7. The van der Waals surface area contributed by atoms with Gasteiger partial charge >= 0.3 is 0 Å². The first-order valence-electron chi connectivity index (χ1n) is 7.25. The van der Waals surface area contributed by atoms with Gasteiger partial charge in [0, 0.05) is 24.2 Å². The maximum Gasteiger partial charge on any atom is 0.198 e. The molecule has 2 N–H and O–H groups in total. The van der Waals surface area contributed by atoms with Crippen LogP contribution < -0.4 is 10.1 Å². The monoisotopic (exact) mass is 301 g/mol. The molecule has 0 unspecified atom stereocenters. The fraction of sp³-hybridized carbons (Fsp3) is 0.375. The van der Waals surface area contributed by atoms with Gasteiger partial charge in [0.1, 0.15) is 11.6 Å². The molecule has 0 amide bonds. The molecular weight excluding hydrogens is 282 g/mol. The van der Waals surface area contributed by atoms with Crippen LogP contribution in [0.3, 0.4) is 0 Å². The maximum atomic E-state index is 5.26. The van der Waals surface area contributed by atoms with E-state index in [1.54, 1.807) is 7.11 Å². The Labute approximate surface area is 129 Å². The first kappa shape index (κ1) is 14.1. The van der Waals surface area contributed by atoms with Crippen molar-refractivity contribution in [2.45, 2.75) is 25.7 Å². The Bertz CT molecular complexity index is 679. The topological polar surface area (TPSA) is 49.9 Å². The van der Waals surface area contributed by atoms with Gasteiger partial charge in [-0.3, -0.25) is 0 Å².